The average molecular weight is 282 g/mol. The van der Waals surface area contributed by atoms with Crippen molar-refractivity contribution in [1.82, 2.24) is 0 Å². The van der Waals surface area contributed by atoms with Crippen LogP contribution in [0.4, 0.5) is 0 Å². The summed E-state index contributed by atoms with van der Waals surface area (Å²) in [6.45, 7) is 6.38. The predicted molar refractivity (Wildman–Crippen MR) is 68.4 cm³/mol. The lowest BCUT2D eigenvalue weighted by molar-refractivity contribution is 0.193. The fourth-order valence-corrected chi connectivity index (χ4v) is 2.11. The van der Waals surface area contributed by atoms with Crippen LogP contribution < -0.4 is 4.74 Å². The van der Waals surface area contributed by atoms with Crippen LogP contribution in [0.15, 0.2) is 22.7 Å². The SMILES string of the molecule is CC(C)CC(C)Oc1cc(Br)cc(C#N)c1. The highest BCUT2D eigenvalue weighted by Gasteiger charge is 2.08. The molecule has 1 atom stereocenters. The third-order valence-electron chi connectivity index (χ3n) is 2.14. The number of hydrogen-bond donors (Lipinski definition) is 0. The van der Waals surface area contributed by atoms with Gasteiger partial charge in [-0.15, -0.1) is 0 Å². The van der Waals surface area contributed by atoms with Crippen molar-refractivity contribution in [3.63, 3.8) is 0 Å². The van der Waals surface area contributed by atoms with Gasteiger partial charge in [-0.1, -0.05) is 29.8 Å². The largest absolute Gasteiger partial charge is 0.491 e. The Morgan fingerprint density at radius 1 is 1.31 bits per heavy atom. The maximum atomic E-state index is 8.84. The molecule has 0 bridgehead atoms. The van der Waals surface area contributed by atoms with Gasteiger partial charge < -0.3 is 4.74 Å². The van der Waals surface area contributed by atoms with Crippen LogP contribution in [0.2, 0.25) is 0 Å². The maximum absolute atomic E-state index is 8.84. The molecule has 0 saturated carbocycles. The molecule has 1 unspecified atom stereocenters. The lowest BCUT2D eigenvalue weighted by Crippen LogP contribution is -2.14. The van der Waals surface area contributed by atoms with E-state index in [9.17, 15) is 0 Å². The molecule has 0 aliphatic heterocycles. The van der Waals surface area contributed by atoms with E-state index in [-0.39, 0.29) is 6.10 Å². The smallest absolute Gasteiger partial charge is 0.122 e. The minimum Gasteiger partial charge on any atom is -0.491 e. The molecular weight excluding hydrogens is 266 g/mol. The molecule has 1 rings (SSSR count). The average Bonchev–Trinajstić information content (AvgIpc) is 2.14. The number of benzene rings is 1. The summed E-state index contributed by atoms with van der Waals surface area (Å²) in [5.74, 6) is 1.36. The second kappa shape index (κ2) is 5.91. The molecule has 0 saturated heterocycles. The Morgan fingerprint density at radius 3 is 2.56 bits per heavy atom. The van der Waals surface area contributed by atoms with Crippen LogP contribution >= 0.6 is 15.9 Å². The molecule has 16 heavy (non-hydrogen) atoms. The fourth-order valence-electron chi connectivity index (χ4n) is 1.64. The minimum atomic E-state index is 0.167. The van der Waals surface area contributed by atoms with E-state index in [2.05, 4.69) is 35.8 Å². The van der Waals surface area contributed by atoms with Crippen LogP contribution in [0.1, 0.15) is 32.8 Å². The van der Waals surface area contributed by atoms with Gasteiger partial charge in [0.1, 0.15) is 5.75 Å². The Bertz CT molecular complexity index is 395. The zero-order valence-corrected chi connectivity index (χ0v) is 11.4. The van der Waals surface area contributed by atoms with E-state index in [0.29, 0.717) is 11.5 Å². The van der Waals surface area contributed by atoms with E-state index in [1.165, 1.54) is 0 Å². The van der Waals surface area contributed by atoms with Gasteiger partial charge in [-0.25, -0.2) is 0 Å². The monoisotopic (exact) mass is 281 g/mol. The molecule has 0 aromatic heterocycles. The number of hydrogen-bond acceptors (Lipinski definition) is 2. The lowest BCUT2D eigenvalue weighted by Gasteiger charge is -2.16. The second-order valence-electron chi connectivity index (χ2n) is 4.35. The molecular formula is C13H16BrNO. The second-order valence-corrected chi connectivity index (χ2v) is 5.26. The number of halogens is 1. The van der Waals surface area contributed by atoms with Gasteiger partial charge in [0.2, 0.25) is 0 Å². The van der Waals surface area contributed by atoms with Gasteiger partial charge >= 0.3 is 0 Å². The molecule has 1 aromatic carbocycles. The van der Waals surface area contributed by atoms with Gasteiger partial charge in [0, 0.05) is 4.47 Å². The minimum absolute atomic E-state index is 0.167. The predicted octanol–water partition coefficient (Wildman–Crippen LogP) is 4.13. The van der Waals surface area contributed by atoms with Crippen LogP contribution in [-0.4, -0.2) is 6.10 Å². The number of ether oxygens (including phenoxy) is 1. The molecule has 0 N–H and O–H groups in total. The summed E-state index contributed by atoms with van der Waals surface area (Å²) in [6, 6.07) is 7.54. The summed E-state index contributed by atoms with van der Waals surface area (Å²) in [5, 5.41) is 8.84. The standard InChI is InChI=1S/C13H16BrNO/c1-9(2)4-10(3)16-13-6-11(8-15)5-12(14)7-13/h5-7,9-10H,4H2,1-3H3. The first kappa shape index (κ1) is 13.1. The highest BCUT2D eigenvalue weighted by molar-refractivity contribution is 9.10. The Hall–Kier alpha value is -1.01. The van der Waals surface area contributed by atoms with E-state index in [1.807, 2.05) is 13.0 Å². The van der Waals surface area contributed by atoms with Gasteiger partial charge in [-0.05, 0) is 37.5 Å². The summed E-state index contributed by atoms with van der Waals surface area (Å²) in [7, 11) is 0. The van der Waals surface area contributed by atoms with Crippen molar-refractivity contribution in [2.24, 2.45) is 5.92 Å². The van der Waals surface area contributed by atoms with Crippen LogP contribution in [-0.2, 0) is 0 Å². The van der Waals surface area contributed by atoms with Crippen molar-refractivity contribution in [3.05, 3.63) is 28.2 Å². The van der Waals surface area contributed by atoms with E-state index >= 15 is 0 Å². The van der Waals surface area contributed by atoms with Gasteiger partial charge in [-0.2, -0.15) is 5.26 Å². The lowest BCUT2D eigenvalue weighted by atomic mass is 10.1. The van der Waals surface area contributed by atoms with Crippen molar-refractivity contribution in [2.75, 3.05) is 0 Å². The van der Waals surface area contributed by atoms with Crippen molar-refractivity contribution < 1.29 is 4.74 Å². The molecule has 3 heteroatoms. The van der Waals surface area contributed by atoms with Crippen molar-refractivity contribution in [2.45, 2.75) is 33.3 Å². The van der Waals surface area contributed by atoms with E-state index in [0.717, 1.165) is 16.6 Å². The van der Waals surface area contributed by atoms with Crippen molar-refractivity contribution in [1.29, 1.82) is 5.26 Å². The molecule has 0 fully saturated rings. The molecule has 2 nitrogen and oxygen atoms in total. The maximum Gasteiger partial charge on any atom is 0.122 e. The Balaban J connectivity index is 2.74. The first-order chi connectivity index (χ1) is 7.51. The Labute approximate surface area is 105 Å². The molecule has 0 amide bonds. The normalized spacial score (nSPS) is 12.2. The number of rotatable bonds is 4. The molecule has 86 valence electrons. The van der Waals surface area contributed by atoms with Crippen LogP contribution in [0.5, 0.6) is 5.75 Å². The third kappa shape index (κ3) is 4.24. The fraction of sp³-hybridized carbons (Fsp3) is 0.462. The van der Waals surface area contributed by atoms with E-state index < -0.39 is 0 Å². The first-order valence-corrected chi connectivity index (χ1v) is 6.18. The Kier molecular flexibility index (Phi) is 4.82. The van der Waals surface area contributed by atoms with Gasteiger partial charge in [-0.3, -0.25) is 0 Å². The summed E-state index contributed by atoms with van der Waals surface area (Å²) < 4.78 is 6.64. The van der Waals surface area contributed by atoms with Gasteiger partial charge in [0.15, 0.2) is 0 Å². The highest BCUT2D eigenvalue weighted by Crippen LogP contribution is 2.23. The van der Waals surface area contributed by atoms with Gasteiger partial charge in [0.05, 0.1) is 17.7 Å². The van der Waals surface area contributed by atoms with Crippen molar-refractivity contribution in [3.8, 4) is 11.8 Å². The molecule has 0 radical (unpaired) electrons. The van der Waals surface area contributed by atoms with Gasteiger partial charge in [0.25, 0.3) is 0 Å². The van der Waals surface area contributed by atoms with E-state index in [4.69, 9.17) is 10.00 Å². The molecule has 1 aromatic rings. The summed E-state index contributed by atoms with van der Waals surface area (Å²) in [4.78, 5) is 0. The molecule has 0 aliphatic carbocycles. The number of nitriles is 1. The van der Waals surface area contributed by atoms with E-state index in [1.54, 1.807) is 12.1 Å². The third-order valence-corrected chi connectivity index (χ3v) is 2.60. The van der Waals surface area contributed by atoms with Crippen molar-refractivity contribution >= 4 is 15.9 Å². The summed E-state index contributed by atoms with van der Waals surface area (Å²) >= 11 is 3.36. The molecule has 0 spiro atoms. The molecule has 0 heterocycles. The topological polar surface area (TPSA) is 33.0 Å². The van der Waals surface area contributed by atoms with Crippen LogP contribution in [0, 0.1) is 17.2 Å². The first-order valence-electron chi connectivity index (χ1n) is 5.38. The summed E-state index contributed by atoms with van der Waals surface area (Å²) in [6.07, 6.45) is 1.18. The zero-order chi connectivity index (χ0) is 12.1. The van der Waals surface area contributed by atoms with Crippen LogP contribution in [0.3, 0.4) is 0 Å². The molecule has 0 aliphatic rings. The zero-order valence-electron chi connectivity index (χ0n) is 9.83. The van der Waals surface area contributed by atoms with Crippen LogP contribution in [0.25, 0.3) is 0 Å². The number of nitrogens with zero attached hydrogens (tertiary/aromatic N) is 1. The Morgan fingerprint density at radius 2 is 2.00 bits per heavy atom. The summed E-state index contributed by atoms with van der Waals surface area (Å²) in [5.41, 5.74) is 0.612. The highest BCUT2D eigenvalue weighted by atomic mass is 79.9. The quantitative estimate of drug-likeness (QED) is 0.831.